The van der Waals surface area contributed by atoms with E-state index in [1.165, 1.54) is 34.7 Å². The van der Waals surface area contributed by atoms with Crippen molar-refractivity contribution in [3.8, 4) is 0 Å². The number of Topliss-reactive ketones (excluding diaryl/α,β-unsaturated/α-hetero) is 1. The molecule has 2 saturated carbocycles. The Bertz CT molecular complexity index is 1820. The van der Waals surface area contributed by atoms with Gasteiger partial charge < -0.3 is 54.0 Å². The molecule has 0 spiro atoms. The Kier molecular flexibility index (Phi) is 12.6. The lowest BCUT2D eigenvalue weighted by atomic mass is 9.44. The molecular formula is C41H58N2O16. The Labute approximate surface area is 342 Å². The van der Waals surface area contributed by atoms with Gasteiger partial charge in [-0.05, 0) is 58.6 Å². The van der Waals surface area contributed by atoms with Crippen molar-refractivity contribution in [3.05, 3.63) is 23.3 Å². The van der Waals surface area contributed by atoms with Crippen LogP contribution in [-0.4, -0.2) is 142 Å². The van der Waals surface area contributed by atoms with Gasteiger partial charge in [-0.1, -0.05) is 26.0 Å². The van der Waals surface area contributed by atoms with Crippen LogP contribution in [0.1, 0.15) is 94.4 Å². The third kappa shape index (κ3) is 8.24. The highest BCUT2D eigenvalue weighted by molar-refractivity contribution is 5.95. The van der Waals surface area contributed by atoms with Crippen LogP contribution in [0.5, 0.6) is 0 Å². The first kappa shape index (κ1) is 45.7. The van der Waals surface area contributed by atoms with Crippen LogP contribution >= 0.6 is 0 Å². The molecule has 3 fully saturated rings. The van der Waals surface area contributed by atoms with Crippen molar-refractivity contribution in [2.45, 2.75) is 154 Å². The number of hydrogen-bond acceptors (Lipinski definition) is 16. The SMILES string of the molecule is CC(=O)OC1C(=O)C2(C)C(O)CC3OCC3(OC(C)=O)C2C2OC(=O)CN(C)C(=O)CC/C=C\CC(NC(=O)OC(C)(C)C)C(O)C(=O)OC3CC2(O)C(C)(C)C1=C3C. The Morgan fingerprint density at radius 1 is 1.00 bits per heavy atom. The number of amides is 2. The molecule has 59 heavy (non-hydrogen) atoms. The largest absolute Gasteiger partial charge is 0.457 e. The average Bonchev–Trinajstić information content (AvgIpc) is 3.10. The summed E-state index contributed by atoms with van der Waals surface area (Å²) in [6.07, 6.45) is -8.54. The van der Waals surface area contributed by atoms with Gasteiger partial charge in [0.2, 0.25) is 5.91 Å². The Morgan fingerprint density at radius 3 is 2.24 bits per heavy atom. The van der Waals surface area contributed by atoms with Gasteiger partial charge in [0.1, 0.15) is 36.1 Å². The number of carbonyl (C=O) groups excluding carboxylic acids is 7. The van der Waals surface area contributed by atoms with Gasteiger partial charge in [-0.3, -0.25) is 24.0 Å². The third-order valence-corrected chi connectivity index (χ3v) is 12.7. The van der Waals surface area contributed by atoms with E-state index in [1.807, 2.05) is 0 Å². The average molecular weight is 835 g/mol. The van der Waals surface area contributed by atoms with Crippen LogP contribution in [0.25, 0.3) is 0 Å². The molecule has 0 aromatic heterocycles. The van der Waals surface area contributed by atoms with E-state index in [1.54, 1.807) is 32.9 Å². The summed E-state index contributed by atoms with van der Waals surface area (Å²) in [7, 11) is 1.37. The van der Waals surface area contributed by atoms with Crippen molar-refractivity contribution < 1.29 is 77.3 Å². The summed E-state index contributed by atoms with van der Waals surface area (Å²) in [5, 5.41) is 39.5. The first-order valence-corrected chi connectivity index (χ1v) is 19.8. The number of hydrogen-bond donors (Lipinski definition) is 4. The molecular weight excluding hydrogens is 776 g/mol. The fraction of sp³-hybridized carbons (Fsp3) is 0.732. The molecule has 0 radical (unpaired) electrons. The molecule has 11 atom stereocenters. The lowest BCUT2D eigenvalue weighted by Crippen LogP contribution is -2.82. The number of esters is 4. The highest BCUT2D eigenvalue weighted by Gasteiger charge is 2.78. The minimum atomic E-state index is -2.42. The van der Waals surface area contributed by atoms with Crippen LogP contribution in [0.4, 0.5) is 4.79 Å². The molecule has 328 valence electrons. The molecule has 5 rings (SSSR count). The predicted molar refractivity (Wildman–Crippen MR) is 203 cm³/mol. The van der Waals surface area contributed by atoms with Crippen LogP contribution in [0.15, 0.2) is 23.3 Å². The highest BCUT2D eigenvalue weighted by atomic mass is 16.6. The van der Waals surface area contributed by atoms with Crippen molar-refractivity contribution in [3.63, 3.8) is 0 Å². The summed E-state index contributed by atoms with van der Waals surface area (Å²) in [5.74, 6) is -6.97. The van der Waals surface area contributed by atoms with Crippen molar-refractivity contribution in [1.29, 1.82) is 0 Å². The lowest BCUT2D eigenvalue weighted by molar-refractivity contribution is -0.347. The van der Waals surface area contributed by atoms with Crippen molar-refractivity contribution in [2.24, 2.45) is 16.7 Å². The van der Waals surface area contributed by atoms with Gasteiger partial charge in [-0.15, -0.1) is 0 Å². The Balaban J connectivity index is 1.77. The van der Waals surface area contributed by atoms with E-state index < -0.39 is 131 Å². The van der Waals surface area contributed by atoms with Gasteiger partial charge in [0.15, 0.2) is 23.6 Å². The van der Waals surface area contributed by atoms with E-state index in [9.17, 15) is 44.1 Å². The number of nitrogens with zero attached hydrogens (tertiary/aromatic N) is 1. The number of aliphatic hydroxyl groups excluding tert-OH is 2. The number of carbonyl (C=O) groups is 7. The maximum absolute atomic E-state index is 15.4. The molecule has 4 N–H and O–H groups in total. The minimum absolute atomic E-state index is 0.0340. The fourth-order valence-electron chi connectivity index (χ4n) is 9.58. The number of nitrogens with one attached hydrogen (secondary N) is 1. The zero-order valence-corrected chi connectivity index (χ0v) is 35.3. The summed E-state index contributed by atoms with van der Waals surface area (Å²) < 4.78 is 35.2. The molecule has 11 unspecified atom stereocenters. The fourth-order valence-corrected chi connectivity index (χ4v) is 9.58. The first-order chi connectivity index (χ1) is 27.2. The maximum atomic E-state index is 15.4. The van der Waals surface area contributed by atoms with Crippen molar-refractivity contribution >= 4 is 41.7 Å². The summed E-state index contributed by atoms with van der Waals surface area (Å²) in [6, 6.07) is -1.32. The first-order valence-electron chi connectivity index (χ1n) is 19.8. The molecule has 18 nitrogen and oxygen atoms in total. The molecule has 0 aromatic carbocycles. The predicted octanol–water partition coefficient (Wildman–Crippen LogP) is 1.34. The van der Waals surface area contributed by atoms with Gasteiger partial charge in [0, 0.05) is 45.6 Å². The second kappa shape index (κ2) is 16.2. The number of alkyl carbamates (subject to hydrolysis) is 1. The van der Waals surface area contributed by atoms with Gasteiger partial charge in [-0.2, -0.15) is 0 Å². The van der Waals surface area contributed by atoms with Crippen molar-refractivity contribution in [1.82, 2.24) is 10.2 Å². The molecule has 3 bridgehead atoms. The minimum Gasteiger partial charge on any atom is -0.457 e. The van der Waals surface area contributed by atoms with Crippen LogP contribution in [0, 0.1) is 16.7 Å². The molecule has 3 aliphatic carbocycles. The van der Waals surface area contributed by atoms with Gasteiger partial charge >= 0.3 is 30.0 Å². The quantitative estimate of drug-likeness (QED) is 0.178. The van der Waals surface area contributed by atoms with Crippen LogP contribution in [0.2, 0.25) is 0 Å². The van der Waals surface area contributed by atoms with Crippen LogP contribution in [-0.2, 0) is 57.2 Å². The second-order valence-corrected chi connectivity index (χ2v) is 18.1. The van der Waals surface area contributed by atoms with E-state index in [0.717, 1.165) is 18.7 Å². The molecule has 2 heterocycles. The standard InChI is InChI=1S/C41H58N2O16/c1-20-24-17-41(53)34(57-28(48)18-43(10)27(47)15-13-11-12-14-23(30(49)35(51)56-24)42-36(52)59-37(4,5)6)32-39(9,25(46)16-26-40(32,19-54-26)58-22(3)45)33(50)31(55-21(2)44)29(20)38(41,7)8/h11-12,23-26,30-32,34,46,49,53H,13-19H2,1-10H3,(H,42,52)/b12-11-. The number of allylic oxidation sites excluding steroid dienone is 1. The number of likely N-dealkylation sites (N-methyl/N-ethyl adjacent to an activating group) is 1. The molecule has 18 heteroatoms. The lowest BCUT2D eigenvalue weighted by Gasteiger charge is -2.67. The summed E-state index contributed by atoms with van der Waals surface area (Å²) in [4.78, 5) is 96.5. The van der Waals surface area contributed by atoms with E-state index in [2.05, 4.69) is 5.32 Å². The van der Waals surface area contributed by atoms with E-state index in [4.69, 9.17) is 28.4 Å². The van der Waals surface area contributed by atoms with Gasteiger partial charge in [-0.25, -0.2) is 9.59 Å². The number of fused-ring (bicyclic) bond motifs is 6. The molecule has 2 amide bonds. The number of ketones is 1. The number of rotatable bonds is 3. The van der Waals surface area contributed by atoms with Crippen molar-refractivity contribution in [2.75, 3.05) is 20.2 Å². The summed E-state index contributed by atoms with van der Waals surface area (Å²) in [6.45, 7) is 12.0. The molecule has 1 saturated heterocycles. The molecule has 2 aliphatic heterocycles. The smallest absolute Gasteiger partial charge is 0.407 e. The topological polar surface area (TPSA) is 251 Å². The maximum Gasteiger partial charge on any atom is 0.407 e. The van der Waals surface area contributed by atoms with E-state index in [-0.39, 0.29) is 43.4 Å². The normalized spacial score (nSPS) is 38.4. The second-order valence-electron chi connectivity index (χ2n) is 18.1. The molecule has 5 aliphatic rings. The zero-order chi connectivity index (χ0) is 44.2. The van der Waals surface area contributed by atoms with Gasteiger partial charge in [0.25, 0.3) is 0 Å². The monoisotopic (exact) mass is 834 g/mol. The highest BCUT2D eigenvalue weighted by Crippen LogP contribution is 2.64. The van der Waals surface area contributed by atoms with E-state index >= 15 is 4.79 Å². The van der Waals surface area contributed by atoms with Crippen LogP contribution in [0.3, 0.4) is 0 Å². The van der Waals surface area contributed by atoms with Crippen LogP contribution < -0.4 is 5.32 Å². The Morgan fingerprint density at radius 2 is 1.66 bits per heavy atom. The van der Waals surface area contributed by atoms with Gasteiger partial charge in [0.05, 0.1) is 30.1 Å². The number of ether oxygens (including phenoxy) is 6. The van der Waals surface area contributed by atoms with E-state index in [0.29, 0.717) is 0 Å². The number of aliphatic hydroxyl groups is 3. The zero-order valence-electron chi connectivity index (χ0n) is 35.3. The molecule has 0 aromatic rings. The summed E-state index contributed by atoms with van der Waals surface area (Å²) in [5.41, 5.74) is -8.82. The third-order valence-electron chi connectivity index (χ3n) is 12.7. The Hall–Kier alpha value is -4.39. The summed E-state index contributed by atoms with van der Waals surface area (Å²) >= 11 is 0.